The number of carbonyl (C=O) groups excluding carboxylic acids is 2. The number of thiophene rings is 1. The summed E-state index contributed by atoms with van der Waals surface area (Å²) < 4.78 is 0.823. The van der Waals surface area contributed by atoms with Crippen molar-refractivity contribution in [2.45, 2.75) is 0 Å². The standard InChI is InChI=1S/C11H10ClN3O2S/c12-5-2-1-3-6-8(5)9(14)10(18-6)11(17)15-4-7(13)16/h1-3H,4,14H2,(H2,13,16)(H,15,17). The van der Waals surface area contributed by atoms with E-state index in [-0.39, 0.29) is 6.54 Å². The van der Waals surface area contributed by atoms with Crippen molar-refractivity contribution < 1.29 is 9.59 Å². The average Bonchev–Trinajstić information content (AvgIpc) is 2.65. The summed E-state index contributed by atoms with van der Waals surface area (Å²) in [5.74, 6) is -1.04. The lowest BCUT2D eigenvalue weighted by Gasteiger charge is -2.01. The number of nitrogens with one attached hydrogen (secondary N) is 1. The van der Waals surface area contributed by atoms with Gasteiger partial charge in [0.15, 0.2) is 0 Å². The molecule has 0 fully saturated rings. The molecule has 7 heteroatoms. The van der Waals surface area contributed by atoms with Crippen LogP contribution in [0.15, 0.2) is 18.2 Å². The molecular weight excluding hydrogens is 274 g/mol. The van der Waals surface area contributed by atoms with Crippen LogP contribution in [0.5, 0.6) is 0 Å². The number of anilines is 1. The number of carbonyl (C=O) groups is 2. The van der Waals surface area contributed by atoms with E-state index in [1.807, 2.05) is 6.07 Å². The SMILES string of the molecule is NC(=O)CNC(=O)c1sc2cccc(Cl)c2c1N. The van der Waals surface area contributed by atoms with Crippen LogP contribution in [0, 0.1) is 0 Å². The first-order valence-corrected chi connectivity index (χ1v) is 6.23. The van der Waals surface area contributed by atoms with Crippen LogP contribution in [0.25, 0.3) is 10.1 Å². The van der Waals surface area contributed by atoms with Crippen molar-refractivity contribution >= 4 is 50.5 Å². The summed E-state index contributed by atoms with van der Waals surface area (Å²) in [6, 6.07) is 5.32. The van der Waals surface area contributed by atoms with Gasteiger partial charge in [0.25, 0.3) is 5.91 Å². The minimum atomic E-state index is -0.610. The van der Waals surface area contributed by atoms with Crippen LogP contribution in [-0.2, 0) is 4.79 Å². The summed E-state index contributed by atoms with van der Waals surface area (Å²) in [6.07, 6.45) is 0. The highest BCUT2D eigenvalue weighted by atomic mass is 35.5. The van der Waals surface area contributed by atoms with E-state index in [9.17, 15) is 9.59 Å². The van der Waals surface area contributed by atoms with Crippen LogP contribution in [0.1, 0.15) is 9.67 Å². The number of rotatable bonds is 3. The summed E-state index contributed by atoms with van der Waals surface area (Å²) in [5, 5.41) is 3.55. The first-order valence-electron chi connectivity index (χ1n) is 5.03. The lowest BCUT2D eigenvalue weighted by molar-refractivity contribution is -0.117. The third kappa shape index (κ3) is 2.25. The van der Waals surface area contributed by atoms with E-state index in [0.29, 0.717) is 21.0 Å². The molecule has 2 aromatic rings. The maximum Gasteiger partial charge on any atom is 0.263 e. The van der Waals surface area contributed by atoms with Crippen molar-refractivity contribution in [3.63, 3.8) is 0 Å². The Labute approximate surface area is 112 Å². The minimum absolute atomic E-state index is 0.222. The summed E-state index contributed by atoms with van der Waals surface area (Å²) in [7, 11) is 0. The number of primary amides is 1. The zero-order valence-corrected chi connectivity index (χ0v) is 10.8. The molecule has 5 nitrogen and oxygen atoms in total. The summed E-state index contributed by atoms with van der Waals surface area (Å²) in [4.78, 5) is 22.8. The second-order valence-electron chi connectivity index (χ2n) is 3.61. The topological polar surface area (TPSA) is 98.2 Å². The van der Waals surface area contributed by atoms with E-state index in [1.165, 1.54) is 11.3 Å². The molecule has 94 valence electrons. The van der Waals surface area contributed by atoms with Crippen molar-refractivity contribution in [2.75, 3.05) is 12.3 Å². The van der Waals surface area contributed by atoms with E-state index in [2.05, 4.69) is 5.32 Å². The molecule has 0 saturated heterocycles. The molecule has 0 bridgehead atoms. The number of fused-ring (bicyclic) bond motifs is 1. The van der Waals surface area contributed by atoms with Crippen molar-refractivity contribution in [2.24, 2.45) is 5.73 Å². The molecule has 1 heterocycles. The van der Waals surface area contributed by atoms with Crippen LogP contribution in [0.4, 0.5) is 5.69 Å². The Bertz CT molecular complexity index is 638. The molecule has 5 N–H and O–H groups in total. The molecule has 18 heavy (non-hydrogen) atoms. The summed E-state index contributed by atoms with van der Waals surface area (Å²) in [5.41, 5.74) is 11.2. The number of amides is 2. The van der Waals surface area contributed by atoms with E-state index < -0.39 is 11.8 Å². The molecule has 2 amide bonds. The lowest BCUT2D eigenvalue weighted by Crippen LogP contribution is -2.33. The molecule has 0 saturated carbocycles. The van der Waals surface area contributed by atoms with Gasteiger partial charge in [-0.2, -0.15) is 0 Å². The van der Waals surface area contributed by atoms with Gasteiger partial charge in [-0.15, -0.1) is 11.3 Å². The number of benzene rings is 1. The van der Waals surface area contributed by atoms with Gasteiger partial charge in [0.05, 0.1) is 17.3 Å². The van der Waals surface area contributed by atoms with Crippen LogP contribution in [0.2, 0.25) is 5.02 Å². The molecule has 0 aliphatic rings. The Balaban J connectivity index is 2.40. The monoisotopic (exact) mass is 283 g/mol. The second kappa shape index (κ2) is 4.83. The first kappa shape index (κ1) is 12.7. The van der Waals surface area contributed by atoms with Gasteiger partial charge in [-0.3, -0.25) is 9.59 Å². The number of nitrogens with two attached hydrogens (primary N) is 2. The highest BCUT2D eigenvalue weighted by Crippen LogP contribution is 2.37. The number of hydrogen-bond donors (Lipinski definition) is 3. The fourth-order valence-electron chi connectivity index (χ4n) is 1.55. The van der Waals surface area contributed by atoms with Gasteiger partial charge in [0, 0.05) is 10.1 Å². The zero-order chi connectivity index (χ0) is 13.3. The normalized spacial score (nSPS) is 10.5. The average molecular weight is 284 g/mol. The number of nitrogen functional groups attached to an aromatic ring is 1. The van der Waals surface area contributed by atoms with E-state index in [4.69, 9.17) is 23.1 Å². The predicted octanol–water partition coefficient (Wildman–Crippen LogP) is 1.35. The Morgan fingerprint density at radius 2 is 2.11 bits per heavy atom. The van der Waals surface area contributed by atoms with Gasteiger partial charge in [-0.05, 0) is 12.1 Å². The van der Waals surface area contributed by atoms with Crippen LogP contribution >= 0.6 is 22.9 Å². The Kier molecular flexibility index (Phi) is 3.40. The Morgan fingerprint density at radius 3 is 2.72 bits per heavy atom. The Hall–Kier alpha value is -1.79. The van der Waals surface area contributed by atoms with Gasteiger partial charge in [-0.1, -0.05) is 17.7 Å². The molecular formula is C11H10ClN3O2S. The number of hydrogen-bond acceptors (Lipinski definition) is 4. The van der Waals surface area contributed by atoms with Gasteiger partial charge in [0.1, 0.15) is 4.88 Å². The molecule has 0 atom stereocenters. The van der Waals surface area contributed by atoms with Gasteiger partial charge in [-0.25, -0.2) is 0 Å². The molecule has 0 radical (unpaired) electrons. The van der Waals surface area contributed by atoms with Gasteiger partial charge >= 0.3 is 0 Å². The maximum absolute atomic E-state index is 11.8. The molecule has 1 aromatic heterocycles. The van der Waals surface area contributed by atoms with E-state index in [0.717, 1.165) is 4.70 Å². The third-order valence-corrected chi connectivity index (χ3v) is 3.82. The molecule has 2 rings (SSSR count). The second-order valence-corrected chi connectivity index (χ2v) is 5.07. The van der Waals surface area contributed by atoms with Gasteiger partial charge < -0.3 is 16.8 Å². The molecule has 0 unspecified atom stereocenters. The minimum Gasteiger partial charge on any atom is -0.397 e. The zero-order valence-electron chi connectivity index (χ0n) is 9.20. The molecule has 0 aliphatic heterocycles. The lowest BCUT2D eigenvalue weighted by atomic mass is 10.2. The Morgan fingerprint density at radius 1 is 1.39 bits per heavy atom. The fourth-order valence-corrected chi connectivity index (χ4v) is 2.94. The maximum atomic E-state index is 11.8. The quantitative estimate of drug-likeness (QED) is 0.793. The van der Waals surface area contributed by atoms with E-state index >= 15 is 0 Å². The predicted molar refractivity (Wildman–Crippen MR) is 72.8 cm³/mol. The largest absolute Gasteiger partial charge is 0.397 e. The van der Waals surface area contributed by atoms with Gasteiger partial charge in [0.2, 0.25) is 5.91 Å². The van der Waals surface area contributed by atoms with Crippen molar-refractivity contribution in [1.29, 1.82) is 0 Å². The molecule has 0 aliphatic carbocycles. The molecule has 1 aromatic carbocycles. The van der Waals surface area contributed by atoms with Crippen LogP contribution < -0.4 is 16.8 Å². The summed E-state index contributed by atoms with van der Waals surface area (Å²) in [6.45, 7) is -0.222. The smallest absolute Gasteiger partial charge is 0.263 e. The third-order valence-electron chi connectivity index (χ3n) is 2.33. The number of halogens is 1. The highest BCUT2D eigenvalue weighted by Gasteiger charge is 2.17. The van der Waals surface area contributed by atoms with Crippen molar-refractivity contribution in [1.82, 2.24) is 5.32 Å². The first-order chi connectivity index (χ1) is 8.50. The van der Waals surface area contributed by atoms with E-state index in [1.54, 1.807) is 12.1 Å². The highest BCUT2D eigenvalue weighted by molar-refractivity contribution is 7.21. The molecule has 0 spiro atoms. The van der Waals surface area contributed by atoms with Crippen LogP contribution in [-0.4, -0.2) is 18.4 Å². The summed E-state index contributed by atoms with van der Waals surface area (Å²) >= 11 is 7.25. The fraction of sp³-hybridized carbons (Fsp3) is 0.0909. The van der Waals surface area contributed by atoms with Crippen molar-refractivity contribution in [3.05, 3.63) is 28.1 Å². The van der Waals surface area contributed by atoms with Crippen LogP contribution in [0.3, 0.4) is 0 Å². The van der Waals surface area contributed by atoms with Crippen molar-refractivity contribution in [3.8, 4) is 0 Å².